The topological polar surface area (TPSA) is 264 Å². The van der Waals surface area contributed by atoms with Gasteiger partial charge in [-0.15, -0.1) is 0 Å². The lowest BCUT2D eigenvalue weighted by molar-refractivity contribution is -0.648. The van der Waals surface area contributed by atoms with E-state index in [0.29, 0.717) is 42.9 Å². The van der Waals surface area contributed by atoms with Crippen LogP contribution < -0.4 is 20.0 Å². The second-order valence-electron chi connectivity index (χ2n) is 23.3. The van der Waals surface area contributed by atoms with Crippen LogP contribution in [-0.2, 0) is 72.3 Å². The van der Waals surface area contributed by atoms with Crippen LogP contribution in [0.4, 0.5) is 11.6 Å². The fourth-order valence-electron chi connectivity index (χ4n) is 8.85. The number of carbonyl (C=O) groups excluding carboxylic acids is 4. The van der Waals surface area contributed by atoms with Crippen molar-refractivity contribution in [1.29, 1.82) is 0 Å². The summed E-state index contributed by atoms with van der Waals surface area (Å²) in [5, 5.41) is 4.31. The number of benzene rings is 2. The van der Waals surface area contributed by atoms with Gasteiger partial charge in [-0.2, -0.15) is 0 Å². The zero-order valence-electron chi connectivity index (χ0n) is 51.0. The number of carbonyl (C=O) groups is 4. The fourth-order valence-corrected chi connectivity index (χ4v) is 12.0. The molecule has 25 heteroatoms. The summed E-state index contributed by atoms with van der Waals surface area (Å²) in [6, 6.07) is 20.8. The predicted molar refractivity (Wildman–Crippen MR) is 347 cm³/mol. The number of quaternary nitrogens is 1. The van der Waals surface area contributed by atoms with Gasteiger partial charge in [0.05, 0.1) is 39.4 Å². The Bertz CT molecular complexity index is 3430. The smallest absolute Gasteiger partial charge is 0.476 e. The summed E-state index contributed by atoms with van der Waals surface area (Å²) in [7, 11) is -8.36. The summed E-state index contributed by atoms with van der Waals surface area (Å²) in [5.74, 6) is 1.21. The number of para-hydroxylation sites is 2. The highest BCUT2D eigenvalue weighted by Gasteiger charge is 2.34. The first-order valence-electron chi connectivity index (χ1n) is 28.5. The highest BCUT2D eigenvalue weighted by molar-refractivity contribution is 7.48. The van der Waals surface area contributed by atoms with E-state index < -0.39 is 38.5 Å². The highest BCUT2D eigenvalue weighted by Crippen LogP contribution is 2.51. The largest absolute Gasteiger partial charge is 0.756 e. The number of phosphoric acid groups is 2. The van der Waals surface area contributed by atoms with Crippen molar-refractivity contribution in [2.75, 3.05) is 63.7 Å². The van der Waals surface area contributed by atoms with Gasteiger partial charge in [-0.3, -0.25) is 51.6 Å². The molecule has 0 bridgehead atoms. The Morgan fingerprint density at radius 3 is 1.41 bits per heavy atom. The molecule has 2 aliphatic heterocycles. The van der Waals surface area contributed by atoms with E-state index in [1.807, 2.05) is 68.4 Å². The second kappa shape index (κ2) is 32.9. The number of rotatable bonds is 24. The lowest BCUT2D eigenvalue weighted by Crippen LogP contribution is -2.82. The Morgan fingerprint density at radius 1 is 0.667 bits per heavy atom. The van der Waals surface area contributed by atoms with E-state index in [1.54, 1.807) is 48.3 Å². The number of aryl methyl sites for hydroxylation is 4. The average Bonchev–Trinajstić information content (AvgIpc) is 1.88. The van der Waals surface area contributed by atoms with Gasteiger partial charge in [-0.1, -0.05) is 90.5 Å². The molecular weight excluding hydrogens is 1180 g/mol. The molecule has 0 aliphatic carbocycles. The number of phosphoric ester groups is 2. The molecule has 6 heterocycles. The number of pyridine rings is 2. The Hall–Kier alpha value is -6.21. The number of furan rings is 2. The molecule has 4 amide bonds. The van der Waals surface area contributed by atoms with Crippen molar-refractivity contribution in [2.24, 2.45) is 0 Å². The Morgan fingerprint density at radius 2 is 1.06 bits per heavy atom. The van der Waals surface area contributed by atoms with Crippen LogP contribution in [0.15, 0.2) is 94.0 Å². The summed E-state index contributed by atoms with van der Waals surface area (Å²) in [6.07, 6.45) is 10.6. The fraction of sp³-hybridized carbons (Fsp3) is 0.452. The van der Waals surface area contributed by atoms with Gasteiger partial charge in [0.1, 0.15) is 47.8 Å². The van der Waals surface area contributed by atoms with Gasteiger partial charge in [0.25, 0.3) is 7.82 Å². The van der Waals surface area contributed by atoms with Crippen LogP contribution in [0.25, 0.3) is 34.1 Å². The molecule has 6 aromatic rings. The number of hydrogen-bond acceptors (Lipinski definition) is 15. The minimum Gasteiger partial charge on any atom is -0.756 e. The standard InChI is InChI=1S/C33H48N3O7PSi2.C23H24N3O7P.C4H11N.2CH4/c1-25-28-11-9-10-12-29(28)43-30(25)23-35(2)31(37)15-13-26-21-27-14-16-32(38)36(33(27)34-22-26)24-42-44(39,40-17-19-45(3,4)5)41-18-20-46(6,7)8;1-15-18-5-3-4-6-19(18)33-20(15)13-25(2)21(27)9-7-16-11-17-8-10-22(28)26(23(17)24-12-16)14-32-34(29,30)31;1-3-5-4-2;;/h9-13,15,21-22H,14,16-20,23-24H2,1-8H3;3-7,9,11-12H,8,10,13-14H2,1-2H3,(H2,29,30,31);5H,3-4H2,1-2H3;2*1H4/b15-13+;9-7+;;;. The molecule has 1 unspecified atom stereocenters. The van der Waals surface area contributed by atoms with Gasteiger partial charge >= 0.3 is 7.82 Å². The SMILES string of the molecule is C.C.CC[NH2+]CC.Cc1c(CN(C)C(=O)/C=C/c2cnc3c(c2)CCC(=O)N3COP(=O)(OCC[Si](C)(C)C)OCC[Si](C)(C)C)oc2ccccc12.Cc1c(CN(C)C(=O)/C=C/c2cnc3c(c2)CCC(=O)N3COP(=O)([O-])O)oc2ccccc12. The maximum absolute atomic E-state index is 13.6. The van der Waals surface area contributed by atoms with Crippen LogP contribution in [0.5, 0.6) is 0 Å². The summed E-state index contributed by atoms with van der Waals surface area (Å²) in [4.78, 5) is 84.7. The van der Waals surface area contributed by atoms with Crippen molar-refractivity contribution < 1.29 is 70.3 Å². The van der Waals surface area contributed by atoms with Gasteiger partial charge in [0, 0.05) is 89.5 Å². The number of nitrogens with two attached hydrogens (primary N) is 1. The van der Waals surface area contributed by atoms with Crippen molar-refractivity contribution in [3.8, 4) is 0 Å². The Labute approximate surface area is 515 Å². The van der Waals surface area contributed by atoms with Gasteiger partial charge in [0.2, 0.25) is 23.6 Å². The molecule has 21 nitrogen and oxygen atoms in total. The molecule has 8 rings (SSSR count). The van der Waals surface area contributed by atoms with E-state index >= 15 is 0 Å². The predicted octanol–water partition coefficient (Wildman–Crippen LogP) is 11.3. The minimum atomic E-state index is -4.98. The number of amides is 4. The molecule has 2 aliphatic rings. The molecule has 0 fully saturated rings. The van der Waals surface area contributed by atoms with Gasteiger partial charge < -0.3 is 33.7 Å². The minimum absolute atomic E-state index is 0. The first kappa shape index (κ1) is 73.3. The molecule has 0 spiro atoms. The summed E-state index contributed by atoms with van der Waals surface area (Å²) < 4.78 is 58.0. The second-order valence-corrected chi connectivity index (χ2v) is 37.4. The molecule has 0 saturated heterocycles. The van der Waals surface area contributed by atoms with E-state index in [1.165, 1.54) is 36.3 Å². The molecule has 3 N–H and O–H groups in total. The van der Waals surface area contributed by atoms with E-state index in [4.69, 9.17) is 27.3 Å². The van der Waals surface area contributed by atoms with E-state index in [2.05, 4.69) is 72.9 Å². The van der Waals surface area contributed by atoms with Crippen molar-refractivity contribution in [1.82, 2.24) is 19.8 Å². The van der Waals surface area contributed by atoms with Crippen LogP contribution in [0.3, 0.4) is 0 Å². The van der Waals surface area contributed by atoms with Crippen molar-refractivity contribution in [3.63, 3.8) is 0 Å². The van der Waals surface area contributed by atoms with Crippen LogP contribution >= 0.6 is 15.6 Å². The lowest BCUT2D eigenvalue weighted by atomic mass is 10.0. The summed E-state index contributed by atoms with van der Waals surface area (Å²) >= 11 is 0. The van der Waals surface area contributed by atoms with Crippen molar-refractivity contribution >= 4 is 101 Å². The molecular formula is C62H91N7O14P2Si2. The molecule has 0 radical (unpaired) electrons. The maximum Gasteiger partial charge on any atom is 0.476 e. The number of nitrogens with zero attached hydrogens (tertiary/aromatic N) is 6. The molecule has 87 heavy (non-hydrogen) atoms. The number of hydrogen-bond donors (Lipinski definition) is 2. The van der Waals surface area contributed by atoms with Gasteiger partial charge in [-0.25, -0.2) is 14.5 Å². The normalized spacial score (nSPS) is 14.1. The van der Waals surface area contributed by atoms with Gasteiger partial charge in [-0.05, 0) is 111 Å². The Kier molecular flexibility index (Phi) is 27.7. The maximum atomic E-state index is 13.6. The highest BCUT2D eigenvalue weighted by atomic mass is 31.2. The Balaban J connectivity index is 0.000000350. The van der Waals surface area contributed by atoms with Crippen molar-refractivity contribution in [3.05, 3.63) is 130 Å². The van der Waals surface area contributed by atoms with Crippen LogP contribution in [-0.4, -0.2) is 118 Å². The van der Waals surface area contributed by atoms with E-state index in [0.717, 1.165) is 72.7 Å². The number of fused-ring (bicyclic) bond motifs is 4. The third-order valence-corrected chi connectivity index (χ3v) is 19.2. The van der Waals surface area contributed by atoms with Gasteiger partial charge in [0.15, 0.2) is 0 Å². The quantitative estimate of drug-likeness (QED) is 0.0324. The molecule has 0 saturated carbocycles. The molecule has 2 aromatic carbocycles. The summed E-state index contributed by atoms with van der Waals surface area (Å²) in [5.41, 5.74) is 6.50. The van der Waals surface area contributed by atoms with Crippen molar-refractivity contribution in [2.45, 2.75) is 133 Å². The summed E-state index contributed by atoms with van der Waals surface area (Å²) in [6.45, 7) is 24.2. The number of aromatic nitrogens is 2. The zero-order chi connectivity index (χ0) is 62.3. The van der Waals surface area contributed by atoms with E-state index in [9.17, 15) is 33.2 Å². The molecule has 1 atom stereocenters. The first-order chi connectivity index (χ1) is 40.1. The molecule has 476 valence electrons. The number of anilines is 2. The third kappa shape index (κ3) is 22.1. The van der Waals surface area contributed by atoms with Crippen LogP contribution in [0, 0.1) is 13.8 Å². The third-order valence-electron chi connectivity index (χ3n) is 14.0. The van der Waals surface area contributed by atoms with Crippen LogP contribution in [0.1, 0.15) is 86.4 Å². The monoisotopic (exact) mass is 1280 g/mol. The first-order valence-corrected chi connectivity index (χ1v) is 38.9. The average molecular weight is 1280 g/mol. The van der Waals surface area contributed by atoms with Crippen LogP contribution in [0.2, 0.25) is 51.4 Å². The molecule has 4 aromatic heterocycles. The van der Waals surface area contributed by atoms with E-state index in [-0.39, 0.29) is 77.1 Å². The lowest BCUT2D eigenvalue weighted by Gasteiger charge is -2.29. The zero-order valence-corrected chi connectivity index (χ0v) is 54.8. The number of likely N-dealkylation sites (N-methyl/N-ethyl adjacent to an activating group) is 2.